The summed E-state index contributed by atoms with van der Waals surface area (Å²) in [5, 5.41) is 5.45. The summed E-state index contributed by atoms with van der Waals surface area (Å²) in [6.45, 7) is 3.92. The van der Waals surface area contributed by atoms with Crippen molar-refractivity contribution in [3.8, 4) is 0 Å². The van der Waals surface area contributed by atoms with Gasteiger partial charge >= 0.3 is 0 Å². The molecule has 0 saturated carbocycles. The van der Waals surface area contributed by atoms with Crippen molar-refractivity contribution >= 4 is 11.8 Å². The molecule has 0 spiro atoms. The van der Waals surface area contributed by atoms with E-state index in [1.54, 1.807) is 0 Å². The fourth-order valence-corrected chi connectivity index (χ4v) is 2.85. The van der Waals surface area contributed by atoms with Gasteiger partial charge in [-0.3, -0.25) is 9.59 Å². The van der Waals surface area contributed by atoms with E-state index < -0.39 is 23.3 Å². The van der Waals surface area contributed by atoms with Crippen LogP contribution in [-0.4, -0.2) is 37.5 Å². The molecule has 0 aliphatic carbocycles. The molecule has 1 aromatic carbocycles. The van der Waals surface area contributed by atoms with Crippen molar-refractivity contribution in [2.45, 2.75) is 38.1 Å². The van der Waals surface area contributed by atoms with Crippen LogP contribution < -0.4 is 10.6 Å². The van der Waals surface area contributed by atoms with Crippen LogP contribution in [0.2, 0.25) is 0 Å². The molecule has 2 unspecified atom stereocenters. The molecule has 2 amide bonds. The maximum Gasteiger partial charge on any atom is 0.276 e. The SMILES string of the molecule is COC1(Cc2ccccc2)NC(=O)C(CC(C)C)(OC)NC1=O. The summed E-state index contributed by atoms with van der Waals surface area (Å²) in [5.74, 6) is -0.637. The van der Waals surface area contributed by atoms with Gasteiger partial charge in [0.15, 0.2) is 0 Å². The Hall–Kier alpha value is -1.92. The molecule has 1 saturated heterocycles. The number of methoxy groups -OCH3 is 2. The molecule has 1 aromatic rings. The van der Waals surface area contributed by atoms with Gasteiger partial charge in [-0.05, 0) is 11.5 Å². The molecule has 2 atom stereocenters. The van der Waals surface area contributed by atoms with Crippen molar-refractivity contribution in [2.24, 2.45) is 5.92 Å². The topological polar surface area (TPSA) is 76.7 Å². The van der Waals surface area contributed by atoms with Crippen LogP contribution in [0.15, 0.2) is 30.3 Å². The van der Waals surface area contributed by atoms with Crippen LogP contribution in [0.4, 0.5) is 0 Å². The number of benzene rings is 1. The van der Waals surface area contributed by atoms with Gasteiger partial charge in [0.1, 0.15) is 0 Å². The first-order valence-electron chi connectivity index (χ1n) is 7.67. The largest absolute Gasteiger partial charge is 0.350 e. The van der Waals surface area contributed by atoms with Crippen LogP contribution >= 0.6 is 0 Å². The first-order valence-corrected chi connectivity index (χ1v) is 7.67. The van der Waals surface area contributed by atoms with Gasteiger partial charge in [0.25, 0.3) is 11.8 Å². The van der Waals surface area contributed by atoms with E-state index >= 15 is 0 Å². The zero-order chi connectivity index (χ0) is 17.1. The van der Waals surface area contributed by atoms with Gasteiger partial charge < -0.3 is 20.1 Å². The summed E-state index contributed by atoms with van der Waals surface area (Å²) < 4.78 is 10.8. The highest BCUT2D eigenvalue weighted by atomic mass is 16.5. The van der Waals surface area contributed by atoms with Crippen molar-refractivity contribution in [3.63, 3.8) is 0 Å². The number of ether oxygens (including phenoxy) is 2. The fourth-order valence-electron chi connectivity index (χ4n) is 2.85. The van der Waals surface area contributed by atoms with Crippen molar-refractivity contribution in [2.75, 3.05) is 14.2 Å². The molecule has 1 aliphatic rings. The third-order valence-corrected chi connectivity index (χ3v) is 4.05. The van der Waals surface area contributed by atoms with Crippen LogP contribution in [0.25, 0.3) is 0 Å². The molecule has 1 heterocycles. The Balaban J connectivity index is 2.28. The van der Waals surface area contributed by atoms with Crippen LogP contribution in [0.1, 0.15) is 25.8 Å². The summed E-state index contributed by atoms with van der Waals surface area (Å²) >= 11 is 0. The molecule has 1 fully saturated rings. The smallest absolute Gasteiger partial charge is 0.276 e. The van der Waals surface area contributed by atoms with Gasteiger partial charge in [-0.15, -0.1) is 0 Å². The lowest BCUT2D eigenvalue weighted by Crippen LogP contribution is -2.77. The maximum atomic E-state index is 12.7. The third-order valence-electron chi connectivity index (χ3n) is 4.05. The molecular formula is C17H24N2O4. The van der Waals surface area contributed by atoms with Crippen LogP contribution in [0.3, 0.4) is 0 Å². The van der Waals surface area contributed by atoms with E-state index in [0.29, 0.717) is 6.42 Å². The van der Waals surface area contributed by atoms with E-state index in [-0.39, 0.29) is 12.3 Å². The summed E-state index contributed by atoms with van der Waals surface area (Å²) in [4.78, 5) is 25.4. The van der Waals surface area contributed by atoms with Crippen molar-refractivity contribution in [1.29, 1.82) is 0 Å². The van der Waals surface area contributed by atoms with Crippen molar-refractivity contribution in [3.05, 3.63) is 35.9 Å². The highest BCUT2D eigenvalue weighted by molar-refractivity contribution is 6.00. The van der Waals surface area contributed by atoms with E-state index in [1.807, 2.05) is 44.2 Å². The van der Waals surface area contributed by atoms with Gasteiger partial charge in [0.2, 0.25) is 11.4 Å². The lowest BCUT2D eigenvalue weighted by molar-refractivity contribution is -0.186. The number of piperazine rings is 1. The lowest BCUT2D eigenvalue weighted by Gasteiger charge is -2.44. The normalized spacial score (nSPS) is 27.7. The molecule has 23 heavy (non-hydrogen) atoms. The highest BCUT2D eigenvalue weighted by Gasteiger charge is 2.54. The molecule has 126 valence electrons. The molecule has 2 rings (SSSR count). The van der Waals surface area contributed by atoms with E-state index in [0.717, 1.165) is 5.56 Å². The Bertz CT molecular complexity index is 575. The van der Waals surface area contributed by atoms with Gasteiger partial charge in [-0.1, -0.05) is 44.2 Å². The Morgan fingerprint density at radius 3 is 2.00 bits per heavy atom. The summed E-state index contributed by atoms with van der Waals surface area (Å²) in [7, 11) is 2.82. The average Bonchev–Trinajstić information content (AvgIpc) is 2.52. The number of nitrogens with one attached hydrogen (secondary N) is 2. The predicted molar refractivity (Wildman–Crippen MR) is 85.4 cm³/mol. The number of carbonyl (C=O) groups is 2. The molecular weight excluding hydrogens is 296 g/mol. The van der Waals surface area contributed by atoms with E-state index in [1.165, 1.54) is 14.2 Å². The number of hydrogen-bond donors (Lipinski definition) is 2. The number of hydrogen-bond acceptors (Lipinski definition) is 4. The Kier molecular flexibility index (Phi) is 5.06. The second-order valence-corrected chi connectivity index (χ2v) is 6.23. The first kappa shape index (κ1) is 17.4. The van der Waals surface area contributed by atoms with Gasteiger partial charge in [-0.2, -0.15) is 0 Å². The van der Waals surface area contributed by atoms with E-state index in [2.05, 4.69) is 10.6 Å². The second-order valence-electron chi connectivity index (χ2n) is 6.23. The van der Waals surface area contributed by atoms with Crippen molar-refractivity contribution in [1.82, 2.24) is 10.6 Å². The van der Waals surface area contributed by atoms with Crippen molar-refractivity contribution < 1.29 is 19.1 Å². The number of rotatable bonds is 6. The Morgan fingerprint density at radius 2 is 1.48 bits per heavy atom. The first-order chi connectivity index (χ1) is 10.9. The monoisotopic (exact) mass is 320 g/mol. The number of amides is 2. The lowest BCUT2D eigenvalue weighted by atomic mass is 9.92. The van der Waals surface area contributed by atoms with Crippen LogP contribution in [0, 0.1) is 5.92 Å². The zero-order valence-corrected chi connectivity index (χ0v) is 14.0. The maximum absolute atomic E-state index is 12.7. The molecule has 6 heteroatoms. The summed E-state index contributed by atoms with van der Waals surface area (Å²) in [6.07, 6.45) is 0.621. The van der Waals surface area contributed by atoms with Gasteiger partial charge in [-0.25, -0.2) is 0 Å². The predicted octanol–water partition coefficient (Wildman–Crippen LogP) is 1.21. The number of carbonyl (C=O) groups excluding carboxylic acids is 2. The van der Waals surface area contributed by atoms with Gasteiger partial charge in [0.05, 0.1) is 0 Å². The molecule has 0 aromatic heterocycles. The summed E-state index contributed by atoms with van der Waals surface area (Å²) in [6, 6.07) is 9.40. The quantitative estimate of drug-likeness (QED) is 0.826. The second kappa shape index (κ2) is 6.68. The molecule has 2 N–H and O–H groups in total. The van der Waals surface area contributed by atoms with E-state index in [9.17, 15) is 9.59 Å². The molecule has 0 bridgehead atoms. The van der Waals surface area contributed by atoms with Crippen LogP contribution in [0.5, 0.6) is 0 Å². The summed E-state index contributed by atoms with van der Waals surface area (Å²) in [5.41, 5.74) is -1.90. The third kappa shape index (κ3) is 3.38. The fraction of sp³-hybridized carbons (Fsp3) is 0.529. The average molecular weight is 320 g/mol. The highest BCUT2D eigenvalue weighted by Crippen LogP contribution is 2.27. The minimum absolute atomic E-state index is 0.171. The molecule has 1 aliphatic heterocycles. The molecule has 0 radical (unpaired) electrons. The standard InChI is InChI=1S/C17H24N2O4/c1-12(2)10-16(22-3)14(20)19-17(23-4,15(21)18-16)11-13-8-6-5-7-9-13/h5-9,12H,10-11H2,1-4H3,(H,18,21)(H,19,20). The zero-order valence-electron chi connectivity index (χ0n) is 14.0. The van der Waals surface area contributed by atoms with Gasteiger partial charge in [0, 0.05) is 27.1 Å². The molecule has 6 nitrogen and oxygen atoms in total. The van der Waals surface area contributed by atoms with E-state index in [4.69, 9.17) is 9.47 Å². The van der Waals surface area contributed by atoms with Crippen LogP contribution in [-0.2, 0) is 25.5 Å². The Labute approximate surface area is 136 Å². The Morgan fingerprint density at radius 1 is 0.957 bits per heavy atom. The minimum atomic E-state index is -1.43. The minimum Gasteiger partial charge on any atom is -0.350 e.